The maximum atomic E-state index is 14.5. The lowest BCUT2D eigenvalue weighted by Crippen LogP contribution is -2.57. The normalized spacial score (nSPS) is 55.2. The van der Waals surface area contributed by atoms with Crippen molar-refractivity contribution in [2.75, 3.05) is 6.67 Å². The number of hydrogen-bond acceptors (Lipinski definition) is 2. The predicted octanol–water partition coefficient (Wildman–Crippen LogP) is 4.93. The zero-order valence-corrected chi connectivity index (χ0v) is 16.2. The lowest BCUT2D eigenvalue weighted by molar-refractivity contribution is -0.162. The van der Waals surface area contributed by atoms with Gasteiger partial charge < -0.3 is 5.11 Å². The summed E-state index contributed by atoms with van der Waals surface area (Å²) in [6.45, 7) is 5.85. The van der Waals surface area contributed by atoms with Gasteiger partial charge >= 0.3 is 0 Å². The van der Waals surface area contributed by atoms with Crippen LogP contribution in [0.15, 0.2) is 0 Å². The molecule has 0 radical (unpaired) electrons. The number of carbonyl (C=O) groups excluding carboxylic acids is 1. The first-order chi connectivity index (χ1) is 11.7. The van der Waals surface area contributed by atoms with E-state index in [2.05, 4.69) is 6.92 Å². The standard InChI is InChI=1S/C22H35FO2/c1-14(24)17-6-7-18-16-5-4-15-12-20(2,25)10-11-22(15,13-23)19(16)8-9-21(17,18)3/h15-19,25H,4-13H2,1-3H3/t15?,16-,17+,18-,19-,20+,21+,22+/m0/s1. The van der Waals surface area contributed by atoms with Crippen LogP contribution in [0.3, 0.4) is 0 Å². The van der Waals surface area contributed by atoms with E-state index in [1.54, 1.807) is 6.92 Å². The van der Waals surface area contributed by atoms with Gasteiger partial charge in [-0.25, -0.2) is 0 Å². The van der Waals surface area contributed by atoms with E-state index in [4.69, 9.17) is 0 Å². The molecule has 0 spiro atoms. The molecule has 4 aliphatic rings. The Labute approximate surface area is 152 Å². The predicted molar refractivity (Wildman–Crippen MR) is 96.8 cm³/mol. The highest BCUT2D eigenvalue weighted by Gasteiger charge is 2.62. The first kappa shape index (κ1) is 17.9. The molecule has 8 atom stereocenters. The molecule has 3 heteroatoms. The third-order valence-electron chi connectivity index (χ3n) is 9.39. The quantitative estimate of drug-likeness (QED) is 0.766. The number of ketones is 1. The van der Waals surface area contributed by atoms with Gasteiger partial charge in [0, 0.05) is 11.3 Å². The fourth-order valence-corrected chi connectivity index (χ4v) is 8.16. The van der Waals surface area contributed by atoms with Gasteiger partial charge in [-0.1, -0.05) is 6.92 Å². The molecule has 0 aromatic rings. The molecule has 0 aliphatic heterocycles. The molecule has 1 unspecified atom stereocenters. The third-order valence-corrected chi connectivity index (χ3v) is 9.39. The van der Waals surface area contributed by atoms with Gasteiger partial charge in [-0.2, -0.15) is 0 Å². The SMILES string of the molecule is CC(=O)[C@H]1CC[C@H]2[C@@H]3CCC4C[C@](C)(O)CC[C@]4(CF)[C@H]3CC[C@]12C. The van der Waals surface area contributed by atoms with Crippen molar-refractivity contribution >= 4 is 5.78 Å². The summed E-state index contributed by atoms with van der Waals surface area (Å²) < 4.78 is 14.5. The average molecular weight is 351 g/mol. The summed E-state index contributed by atoms with van der Waals surface area (Å²) in [6, 6.07) is 0. The van der Waals surface area contributed by atoms with Crippen LogP contribution in [0.4, 0.5) is 4.39 Å². The number of aliphatic hydroxyl groups is 1. The largest absolute Gasteiger partial charge is 0.390 e. The molecule has 4 saturated carbocycles. The highest BCUT2D eigenvalue weighted by atomic mass is 19.1. The third kappa shape index (κ3) is 2.47. The first-order valence-corrected chi connectivity index (χ1v) is 10.5. The Morgan fingerprint density at radius 2 is 1.80 bits per heavy atom. The van der Waals surface area contributed by atoms with Crippen molar-refractivity contribution in [1.29, 1.82) is 0 Å². The van der Waals surface area contributed by atoms with Crippen molar-refractivity contribution < 1.29 is 14.3 Å². The van der Waals surface area contributed by atoms with E-state index in [0.717, 1.165) is 51.4 Å². The average Bonchev–Trinajstić information content (AvgIpc) is 2.91. The summed E-state index contributed by atoms with van der Waals surface area (Å²) in [4.78, 5) is 12.2. The number of alkyl halides is 1. The van der Waals surface area contributed by atoms with Crippen LogP contribution in [-0.4, -0.2) is 23.2 Å². The van der Waals surface area contributed by atoms with Crippen molar-refractivity contribution in [3.05, 3.63) is 0 Å². The van der Waals surface area contributed by atoms with Gasteiger partial charge in [0.25, 0.3) is 0 Å². The van der Waals surface area contributed by atoms with Crippen LogP contribution in [0.25, 0.3) is 0 Å². The summed E-state index contributed by atoms with van der Waals surface area (Å²) in [5, 5.41) is 10.5. The summed E-state index contributed by atoms with van der Waals surface area (Å²) in [5.74, 6) is 2.61. The van der Waals surface area contributed by atoms with E-state index in [1.165, 1.54) is 6.42 Å². The van der Waals surface area contributed by atoms with Gasteiger partial charge in [0.05, 0.1) is 12.3 Å². The van der Waals surface area contributed by atoms with Crippen LogP contribution in [0.5, 0.6) is 0 Å². The zero-order valence-electron chi connectivity index (χ0n) is 16.2. The lowest BCUT2D eigenvalue weighted by Gasteiger charge is -2.62. The second-order valence-corrected chi connectivity index (χ2v) is 10.5. The molecule has 0 bridgehead atoms. The van der Waals surface area contributed by atoms with Crippen LogP contribution in [0, 0.1) is 40.4 Å². The van der Waals surface area contributed by atoms with Gasteiger partial charge in [-0.05, 0) is 101 Å². The molecule has 0 aromatic heterocycles. The molecule has 142 valence electrons. The topological polar surface area (TPSA) is 37.3 Å². The van der Waals surface area contributed by atoms with Crippen LogP contribution in [0.1, 0.15) is 78.6 Å². The molecule has 4 fully saturated rings. The number of hydrogen-bond donors (Lipinski definition) is 1. The summed E-state index contributed by atoms with van der Waals surface area (Å²) in [6.07, 6.45) is 9.00. The van der Waals surface area contributed by atoms with Gasteiger partial charge in [0.2, 0.25) is 0 Å². The smallest absolute Gasteiger partial charge is 0.133 e. The van der Waals surface area contributed by atoms with Crippen LogP contribution >= 0.6 is 0 Å². The van der Waals surface area contributed by atoms with Crippen molar-refractivity contribution in [3.8, 4) is 0 Å². The molecule has 4 aliphatic carbocycles. The second kappa shape index (κ2) is 5.78. The minimum atomic E-state index is -0.605. The van der Waals surface area contributed by atoms with Crippen LogP contribution < -0.4 is 0 Å². The van der Waals surface area contributed by atoms with Crippen LogP contribution in [-0.2, 0) is 4.79 Å². The van der Waals surface area contributed by atoms with E-state index < -0.39 is 5.60 Å². The number of halogens is 1. The maximum Gasteiger partial charge on any atom is 0.133 e. The Morgan fingerprint density at radius 1 is 1.04 bits per heavy atom. The van der Waals surface area contributed by atoms with E-state index in [0.29, 0.717) is 29.5 Å². The Morgan fingerprint density at radius 3 is 2.48 bits per heavy atom. The molecular weight excluding hydrogens is 315 g/mol. The molecule has 0 aromatic carbocycles. The molecule has 2 nitrogen and oxygen atoms in total. The van der Waals surface area contributed by atoms with Gasteiger partial charge in [0.15, 0.2) is 0 Å². The summed E-state index contributed by atoms with van der Waals surface area (Å²) in [7, 11) is 0. The molecule has 1 N–H and O–H groups in total. The van der Waals surface area contributed by atoms with Crippen molar-refractivity contribution in [2.45, 2.75) is 84.2 Å². The van der Waals surface area contributed by atoms with E-state index >= 15 is 0 Å². The fraction of sp³-hybridized carbons (Fsp3) is 0.955. The molecule has 4 rings (SSSR count). The maximum absolute atomic E-state index is 14.5. The Kier molecular flexibility index (Phi) is 4.15. The van der Waals surface area contributed by atoms with Gasteiger partial charge in [-0.3, -0.25) is 9.18 Å². The Hall–Kier alpha value is -0.440. The molecule has 0 heterocycles. The van der Waals surface area contributed by atoms with Crippen molar-refractivity contribution in [3.63, 3.8) is 0 Å². The molecule has 0 saturated heterocycles. The van der Waals surface area contributed by atoms with E-state index in [1.807, 2.05) is 6.92 Å². The summed E-state index contributed by atoms with van der Waals surface area (Å²) >= 11 is 0. The highest BCUT2D eigenvalue weighted by molar-refractivity contribution is 5.79. The number of Topliss-reactive ketones (excluding diaryl/α,β-unsaturated/α-hetero) is 1. The minimum absolute atomic E-state index is 0.150. The fourth-order valence-electron chi connectivity index (χ4n) is 8.16. The van der Waals surface area contributed by atoms with Gasteiger partial charge in [-0.15, -0.1) is 0 Å². The molecule has 25 heavy (non-hydrogen) atoms. The summed E-state index contributed by atoms with van der Waals surface area (Å²) in [5.41, 5.74) is -0.648. The number of rotatable bonds is 2. The van der Waals surface area contributed by atoms with Crippen LogP contribution in [0.2, 0.25) is 0 Å². The lowest BCUT2D eigenvalue weighted by atomic mass is 9.43. The molecule has 0 amide bonds. The van der Waals surface area contributed by atoms with E-state index in [-0.39, 0.29) is 23.4 Å². The zero-order chi connectivity index (χ0) is 18.0. The first-order valence-electron chi connectivity index (χ1n) is 10.5. The Balaban J connectivity index is 1.64. The monoisotopic (exact) mass is 350 g/mol. The molecular formula is C22H35FO2. The van der Waals surface area contributed by atoms with E-state index in [9.17, 15) is 14.3 Å². The van der Waals surface area contributed by atoms with Crippen molar-refractivity contribution in [1.82, 2.24) is 0 Å². The highest BCUT2D eigenvalue weighted by Crippen LogP contribution is 2.68. The minimum Gasteiger partial charge on any atom is -0.390 e. The van der Waals surface area contributed by atoms with Gasteiger partial charge in [0.1, 0.15) is 5.78 Å². The van der Waals surface area contributed by atoms with Crippen molar-refractivity contribution in [2.24, 2.45) is 40.4 Å². The number of carbonyl (C=O) groups is 1. The number of fused-ring (bicyclic) bond motifs is 5. The second-order valence-electron chi connectivity index (χ2n) is 10.5. The Bertz CT molecular complexity index is 558.